The first kappa shape index (κ1) is 25.3. The molecular weight excluding hydrogens is 440 g/mol. The Morgan fingerprint density at radius 1 is 1.21 bits per heavy atom. The Hall–Kier alpha value is -3.36. The number of carboxylic acid groups (broad SMARTS) is 1. The number of carbonyl (C=O) groups excluding carboxylic acids is 2. The summed E-state index contributed by atoms with van der Waals surface area (Å²) in [6.07, 6.45) is 2.01. The van der Waals surface area contributed by atoms with E-state index in [4.69, 9.17) is 9.15 Å². The van der Waals surface area contributed by atoms with Crippen LogP contribution in [0.3, 0.4) is 0 Å². The second kappa shape index (κ2) is 9.87. The van der Waals surface area contributed by atoms with E-state index in [1.54, 1.807) is 19.9 Å². The quantitative estimate of drug-likeness (QED) is 0.502. The van der Waals surface area contributed by atoms with Crippen molar-refractivity contribution in [1.29, 1.82) is 0 Å². The molecule has 2 aromatic rings. The highest BCUT2D eigenvalue weighted by Gasteiger charge is 2.28. The predicted molar refractivity (Wildman–Crippen MR) is 126 cm³/mol. The number of ether oxygens (including phenoxy) is 1. The van der Waals surface area contributed by atoms with E-state index in [1.165, 1.54) is 0 Å². The van der Waals surface area contributed by atoms with Crippen LogP contribution in [0.2, 0.25) is 0 Å². The van der Waals surface area contributed by atoms with Gasteiger partial charge in [0.2, 0.25) is 11.8 Å². The number of aliphatic carboxylic acids is 1. The average Bonchev–Trinajstić information content (AvgIpc) is 2.76. The summed E-state index contributed by atoms with van der Waals surface area (Å²) in [5, 5.41) is 14.9. The van der Waals surface area contributed by atoms with Gasteiger partial charge in [-0.25, -0.2) is 9.59 Å². The zero-order chi connectivity index (χ0) is 25.2. The molecule has 2 amide bonds. The Labute approximate surface area is 197 Å². The highest BCUT2D eigenvalue weighted by atomic mass is 16.5. The number of aryl methyl sites for hydroxylation is 2. The number of rotatable bonds is 8. The van der Waals surface area contributed by atoms with Crippen molar-refractivity contribution in [1.82, 2.24) is 10.6 Å². The molecule has 9 heteroatoms. The van der Waals surface area contributed by atoms with Crippen LogP contribution >= 0.6 is 0 Å². The molecule has 3 rings (SSSR count). The summed E-state index contributed by atoms with van der Waals surface area (Å²) in [6.45, 7) is 8.94. The standard InChI is InChI=1S/C25H32N2O7/c1-6-13(2)22(23(30)31)27-21(29)12-26-20(28)10-17-14(3)16-9-15-7-8-25(4,5)34-18(15)11-19(16)33-24(17)32/h9,11,13,22H,6-8,10,12H2,1-5H3,(H,26,28)(H,27,29)(H,30,31). The van der Waals surface area contributed by atoms with E-state index >= 15 is 0 Å². The Kier molecular flexibility index (Phi) is 7.33. The predicted octanol–water partition coefficient (Wildman–Crippen LogP) is 2.48. The van der Waals surface area contributed by atoms with Gasteiger partial charge < -0.3 is 24.9 Å². The Balaban J connectivity index is 1.72. The molecule has 1 aliphatic heterocycles. The SMILES string of the molecule is CCC(C)C(NC(=O)CNC(=O)Cc1c(C)c2cc3c(cc2oc1=O)OC(C)(C)CC3)C(=O)O. The third kappa shape index (κ3) is 5.58. The second-order valence-electron chi connectivity index (χ2n) is 9.53. The van der Waals surface area contributed by atoms with Gasteiger partial charge in [-0.1, -0.05) is 20.3 Å². The van der Waals surface area contributed by atoms with Gasteiger partial charge in [0.15, 0.2) is 0 Å². The molecule has 0 aliphatic carbocycles. The Morgan fingerprint density at radius 3 is 2.56 bits per heavy atom. The van der Waals surface area contributed by atoms with Crippen LogP contribution < -0.4 is 21.0 Å². The van der Waals surface area contributed by atoms with Crippen LogP contribution in [0.4, 0.5) is 0 Å². The zero-order valence-corrected chi connectivity index (χ0v) is 20.2. The van der Waals surface area contributed by atoms with Crippen molar-refractivity contribution in [2.45, 2.75) is 71.9 Å². The van der Waals surface area contributed by atoms with Gasteiger partial charge in [0.1, 0.15) is 23.0 Å². The molecular formula is C25H32N2O7. The normalized spacial score (nSPS) is 16.1. The molecule has 184 valence electrons. The topological polar surface area (TPSA) is 135 Å². The van der Waals surface area contributed by atoms with Gasteiger partial charge in [-0.2, -0.15) is 0 Å². The minimum absolute atomic E-state index is 0.213. The number of carbonyl (C=O) groups is 3. The molecule has 2 unspecified atom stereocenters. The van der Waals surface area contributed by atoms with Crippen molar-refractivity contribution in [3.05, 3.63) is 39.2 Å². The summed E-state index contributed by atoms with van der Waals surface area (Å²) in [4.78, 5) is 48.6. The Morgan fingerprint density at radius 2 is 1.91 bits per heavy atom. The van der Waals surface area contributed by atoms with Crippen LogP contribution in [-0.4, -0.2) is 41.1 Å². The van der Waals surface area contributed by atoms with Gasteiger partial charge in [0, 0.05) is 11.5 Å². The zero-order valence-electron chi connectivity index (χ0n) is 20.2. The maximum atomic E-state index is 12.6. The highest BCUT2D eigenvalue weighted by molar-refractivity contribution is 5.89. The lowest BCUT2D eigenvalue weighted by molar-refractivity contribution is -0.143. The highest BCUT2D eigenvalue weighted by Crippen LogP contribution is 2.36. The molecule has 0 saturated carbocycles. The van der Waals surface area contributed by atoms with Crippen LogP contribution in [0.5, 0.6) is 5.75 Å². The summed E-state index contributed by atoms with van der Waals surface area (Å²) in [5.74, 6) is -1.85. The Bertz CT molecular complexity index is 1180. The van der Waals surface area contributed by atoms with E-state index < -0.39 is 36.0 Å². The van der Waals surface area contributed by atoms with Gasteiger partial charge >= 0.3 is 11.6 Å². The first-order valence-electron chi connectivity index (χ1n) is 11.5. The molecule has 2 heterocycles. The first-order chi connectivity index (χ1) is 15.9. The number of carboxylic acids is 1. The van der Waals surface area contributed by atoms with Crippen LogP contribution in [0.15, 0.2) is 21.3 Å². The summed E-state index contributed by atoms with van der Waals surface area (Å²) < 4.78 is 11.5. The van der Waals surface area contributed by atoms with E-state index in [2.05, 4.69) is 10.6 Å². The largest absolute Gasteiger partial charge is 0.487 e. The van der Waals surface area contributed by atoms with Gasteiger partial charge in [-0.15, -0.1) is 0 Å². The molecule has 0 fully saturated rings. The minimum Gasteiger partial charge on any atom is -0.487 e. The number of hydrogen-bond acceptors (Lipinski definition) is 6. The van der Waals surface area contributed by atoms with Crippen LogP contribution in [-0.2, 0) is 27.2 Å². The van der Waals surface area contributed by atoms with Crippen LogP contribution in [0.25, 0.3) is 11.0 Å². The maximum absolute atomic E-state index is 12.6. The number of hydrogen-bond donors (Lipinski definition) is 3. The molecule has 0 bridgehead atoms. The number of amides is 2. The van der Waals surface area contributed by atoms with Crippen molar-refractivity contribution in [3.8, 4) is 5.75 Å². The molecule has 3 N–H and O–H groups in total. The molecule has 1 aliphatic rings. The minimum atomic E-state index is -1.13. The number of fused-ring (bicyclic) bond motifs is 2. The smallest absolute Gasteiger partial charge is 0.340 e. The fourth-order valence-electron chi connectivity index (χ4n) is 4.05. The molecule has 0 spiro atoms. The third-order valence-electron chi connectivity index (χ3n) is 6.43. The lowest BCUT2D eigenvalue weighted by atomic mass is 9.92. The van der Waals surface area contributed by atoms with Crippen LogP contribution in [0, 0.1) is 12.8 Å². The van der Waals surface area contributed by atoms with Gasteiger partial charge in [-0.3, -0.25) is 9.59 Å². The van der Waals surface area contributed by atoms with Crippen LogP contribution in [0.1, 0.15) is 57.2 Å². The van der Waals surface area contributed by atoms with Crippen molar-refractivity contribution >= 4 is 28.8 Å². The third-order valence-corrected chi connectivity index (χ3v) is 6.43. The van der Waals surface area contributed by atoms with Crippen molar-refractivity contribution in [2.24, 2.45) is 5.92 Å². The van der Waals surface area contributed by atoms with E-state index in [0.717, 1.165) is 23.8 Å². The average molecular weight is 473 g/mol. The van der Waals surface area contributed by atoms with Crippen molar-refractivity contribution in [3.63, 3.8) is 0 Å². The van der Waals surface area contributed by atoms with E-state index in [-0.39, 0.29) is 23.5 Å². The van der Waals surface area contributed by atoms with Gasteiger partial charge in [-0.05, 0) is 56.7 Å². The monoisotopic (exact) mass is 472 g/mol. The summed E-state index contributed by atoms with van der Waals surface area (Å²) >= 11 is 0. The van der Waals surface area contributed by atoms with Crippen molar-refractivity contribution in [2.75, 3.05) is 6.54 Å². The molecule has 0 saturated heterocycles. The van der Waals surface area contributed by atoms with E-state index in [9.17, 15) is 24.3 Å². The lowest BCUT2D eigenvalue weighted by Crippen LogP contribution is -2.48. The molecule has 34 heavy (non-hydrogen) atoms. The molecule has 1 aromatic carbocycles. The fourth-order valence-corrected chi connectivity index (χ4v) is 4.05. The maximum Gasteiger partial charge on any atom is 0.340 e. The summed E-state index contributed by atoms with van der Waals surface area (Å²) in [5.41, 5.74) is 1.35. The van der Waals surface area contributed by atoms with Gasteiger partial charge in [0.05, 0.1) is 18.5 Å². The molecule has 2 atom stereocenters. The van der Waals surface area contributed by atoms with Crippen molar-refractivity contribution < 1.29 is 28.6 Å². The summed E-state index contributed by atoms with van der Waals surface area (Å²) in [6, 6.07) is 2.63. The van der Waals surface area contributed by atoms with E-state index in [0.29, 0.717) is 23.3 Å². The first-order valence-corrected chi connectivity index (χ1v) is 11.5. The molecule has 9 nitrogen and oxygen atoms in total. The fraction of sp³-hybridized carbons (Fsp3) is 0.520. The number of benzene rings is 1. The lowest BCUT2D eigenvalue weighted by Gasteiger charge is -2.32. The summed E-state index contributed by atoms with van der Waals surface area (Å²) in [7, 11) is 0. The number of nitrogens with one attached hydrogen (secondary N) is 2. The molecule has 1 aromatic heterocycles. The van der Waals surface area contributed by atoms with E-state index in [1.807, 2.05) is 26.8 Å². The second-order valence-corrected chi connectivity index (χ2v) is 9.53. The van der Waals surface area contributed by atoms with Gasteiger partial charge in [0.25, 0.3) is 0 Å². The molecule has 0 radical (unpaired) electrons.